The molecule has 0 atom stereocenters. The van der Waals surface area contributed by atoms with Crippen molar-refractivity contribution >= 4 is 16.9 Å². The van der Waals surface area contributed by atoms with E-state index in [4.69, 9.17) is 4.99 Å². The molecule has 1 heterocycles. The first-order chi connectivity index (χ1) is 8.79. The summed E-state index contributed by atoms with van der Waals surface area (Å²) in [7, 11) is 0. The molecule has 2 rings (SSSR count). The number of rotatable bonds is 4. The summed E-state index contributed by atoms with van der Waals surface area (Å²) in [5.41, 5.74) is 1.39. The maximum Gasteiger partial charge on any atom is 0.156 e. The van der Waals surface area contributed by atoms with Gasteiger partial charge in [-0.3, -0.25) is 4.99 Å². The molecule has 0 bridgehead atoms. The van der Waals surface area contributed by atoms with E-state index >= 15 is 0 Å². The maximum atomic E-state index is 4.79. The summed E-state index contributed by atoms with van der Waals surface area (Å²) in [6.07, 6.45) is 2.49. The Labute approximate surface area is 123 Å². The van der Waals surface area contributed by atoms with Gasteiger partial charge in [0.1, 0.15) is 0 Å². The van der Waals surface area contributed by atoms with Gasteiger partial charge in [-0.2, -0.15) is 0 Å². The normalized spacial score (nSPS) is 27.8. The van der Waals surface area contributed by atoms with Crippen LogP contribution in [-0.2, 0) is 0 Å². The second kappa shape index (κ2) is 4.98. The van der Waals surface area contributed by atoms with Crippen LogP contribution in [0.5, 0.6) is 0 Å². The summed E-state index contributed by atoms with van der Waals surface area (Å²) in [5, 5.41) is 4.77. The van der Waals surface area contributed by atoms with Gasteiger partial charge in [-0.25, -0.2) is 0 Å². The topological polar surface area (TPSA) is 24.4 Å². The van der Waals surface area contributed by atoms with Crippen LogP contribution in [-0.4, -0.2) is 24.0 Å². The molecule has 0 spiro atoms. The zero-order valence-corrected chi connectivity index (χ0v) is 14.3. The van der Waals surface area contributed by atoms with Crippen LogP contribution < -0.4 is 5.32 Å². The van der Waals surface area contributed by atoms with Gasteiger partial charge >= 0.3 is 0 Å². The summed E-state index contributed by atoms with van der Waals surface area (Å²) in [6, 6.07) is 0. The zero-order valence-electron chi connectivity index (χ0n) is 13.5. The summed E-state index contributed by atoms with van der Waals surface area (Å²) in [6.45, 7) is 16.2. The van der Waals surface area contributed by atoms with E-state index in [1.807, 2.05) is 11.8 Å². The van der Waals surface area contributed by atoms with Gasteiger partial charge in [0.05, 0.1) is 0 Å². The molecule has 1 aliphatic heterocycles. The number of amidine groups is 1. The van der Waals surface area contributed by atoms with Crippen molar-refractivity contribution < 1.29 is 0 Å². The first kappa shape index (κ1) is 15.2. The van der Waals surface area contributed by atoms with Gasteiger partial charge in [-0.05, 0) is 35.0 Å². The van der Waals surface area contributed by atoms with Crippen molar-refractivity contribution in [2.75, 3.05) is 18.8 Å². The SMILES string of the molecule is CCC1(CC)CN=C(NCC2C(C)(C)C2(C)C)SC1. The van der Waals surface area contributed by atoms with Crippen LogP contribution in [0.2, 0.25) is 0 Å². The van der Waals surface area contributed by atoms with Crippen molar-refractivity contribution in [3.8, 4) is 0 Å². The Bertz CT molecular complexity index is 353. The number of hydrogen-bond acceptors (Lipinski definition) is 3. The van der Waals surface area contributed by atoms with Crippen LogP contribution in [0.25, 0.3) is 0 Å². The molecular weight excluding hydrogens is 252 g/mol. The second-order valence-corrected chi connectivity index (χ2v) is 8.46. The molecular formula is C16H30N2S. The molecule has 1 saturated carbocycles. The summed E-state index contributed by atoms with van der Waals surface area (Å²) in [4.78, 5) is 4.79. The predicted octanol–water partition coefficient (Wildman–Crippen LogP) is 4.17. The van der Waals surface area contributed by atoms with E-state index in [0.717, 1.165) is 19.0 Å². The fourth-order valence-electron chi connectivity index (χ4n) is 3.37. The highest BCUT2D eigenvalue weighted by Crippen LogP contribution is 2.67. The van der Waals surface area contributed by atoms with Gasteiger partial charge in [0.15, 0.2) is 5.17 Å². The molecule has 3 heteroatoms. The standard InChI is InChI=1S/C16H30N2S/c1-7-16(8-2)10-18-13(19-11-16)17-9-12-14(3,4)15(12,5)6/h12H,7-11H2,1-6H3,(H,17,18). The smallest absolute Gasteiger partial charge is 0.156 e. The van der Waals surface area contributed by atoms with Gasteiger partial charge in [-0.15, -0.1) is 0 Å². The van der Waals surface area contributed by atoms with Crippen LogP contribution in [0.3, 0.4) is 0 Å². The highest BCUT2D eigenvalue weighted by molar-refractivity contribution is 8.13. The molecule has 1 fully saturated rings. The Hall–Kier alpha value is -0.180. The lowest BCUT2D eigenvalue weighted by molar-refractivity contribution is 0.318. The molecule has 0 unspecified atom stereocenters. The molecule has 0 aromatic carbocycles. The minimum atomic E-state index is 0.452. The minimum absolute atomic E-state index is 0.452. The number of nitrogens with one attached hydrogen (secondary N) is 1. The third kappa shape index (κ3) is 2.55. The number of hydrogen-bond donors (Lipinski definition) is 1. The molecule has 1 aliphatic carbocycles. The Balaban J connectivity index is 1.85. The molecule has 1 N–H and O–H groups in total. The van der Waals surface area contributed by atoms with Crippen molar-refractivity contribution in [2.24, 2.45) is 27.2 Å². The Morgan fingerprint density at radius 3 is 2.11 bits per heavy atom. The summed E-state index contributed by atoms with van der Waals surface area (Å²) in [5.74, 6) is 2.00. The lowest BCUT2D eigenvalue weighted by Gasteiger charge is -2.33. The third-order valence-corrected chi connectivity index (χ3v) is 7.65. The maximum absolute atomic E-state index is 4.79. The molecule has 0 aromatic heterocycles. The van der Waals surface area contributed by atoms with Crippen molar-refractivity contribution in [1.82, 2.24) is 5.32 Å². The van der Waals surface area contributed by atoms with Crippen molar-refractivity contribution in [1.29, 1.82) is 0 Å². The average molecular weight is 282 g/mol. The van der Waals surface area contributed by atoms with E-state index < -0.39 is 0 Å². The molecule has 0 amide bonds. The van der Waals surface area contributed by atoms with Crippen molar-refractivity contribution in [3.63, 3.8) is 0 Å². The van der Waals surface area contributed by atoms with Crippen LogP contribution >= 0.6 is 11.8 Å². The summed E-state index contributed by atoms with van der Waals surface area (Å²) < 4.78 is 0. The predicted molar refractivity (Wildman–Crippen MR) is 86.8 cm³/mol. The average Bonchev–Trinajstić information content (AvgIpc) is 2.78. The minimum Gasteiger partial charge on any atom is -0.365 e. The lowest BCUT2D eigenvalue weighted by Crippen LogP contribution is -2.35. The zero-order chi connectivity index (χ0) is 14.3. The van der Waals surface area contributed by atoms with E-state index in [9.17, 15) is 0 Å². The number of aliphatic imine (C=N–C) groups is 1. The van der Waals surface area contributed by atoms with Gasteiger partial charge in [-0.1, -0.05) is 53.3 Å². The van der Waals surface area contributed by atoms with Gasteiger partial charge in [0.2, 0.25) is 0 Å². The molecule has 19 heavy (non-hydrogen) atoms. The van der Waals surface area contributed by atoms with Crippen molar-refractivity contribution in [3.05, 3.63) is 0 Å². The number of nitrogens with zero attached hydrogens (tertiary/aromatic N) is 1. The fraction of sp³-hybridized carbons (Fsp3) is 0.938. The number of thioether (sulfide) groups is 1. The third-order valence-electron chi connectivity index (χ3n) is 6.35. The molecule has 110 valence electrons. The Morgan fingerprint density at radius 1 is 1.16 bits per heavy atom. The Morgan fingerprint density at radius 2 is 1.74 bits per heavy atom. The van der Waals surface area contributed by atoms with E-state index in [2.05, 4.69) is 46.9 Å². The van der Waals surface area contributed by atoms with E-state index in [1.165, 1.54) is 23.8 Å². The first-order valence-corrected chi connectivity index (χ1v) is 8.69. The molecule has 2 aliphatic rings. The van der Waals surface area contributed by atoms with Crippen LogP contribution in [0.4, 0.5) is 0 Å². The Kier molecular flexibility index (Phi) is 3.99. The highest BCUT2D eigenvalue weighted by atomic mass is 32.2. The highest BCUT2D eigenvalue weighted by Gasteiger charge is 2.64. The molecule has 2 nitrogen and oxygen atoms in total. The second-order valence-electron chi connectivity index (χ2n) is 7.49. The van der Waals surface area contributed by atoms with Crippen LogP contribution in [0, 0.1) is 22.2 Å². The fourth-order valence-corrected chi connectivity index (χ4v) is 4.65. The van der Waals surface area contributed by atoms with Crippen molar-refractivity contribution in [2.45, 2.75) is 54.4 Å². The van der Waals surface area contributed by atoms with Gasteiger partial charge in [0.25, 0.3) is 0 Å². The van der Waals surface area contributed by atoms with Crippen LogP contribution in [0.15, 0.2) is 4.99 Å². The van der Waals surface area contributed by atoms with Gasteiger partial charge in [0, 0.05) is 18.8 Å². The quantitative estimate of drug-likeness (QED) is 0.837. The van der Waals surface area contributed by atoms with E-state index in [1.54, 1.807) is 0 Å². The van der Waals surface area contributed by atoms with E-state index in [-0.39, 0.29) is 0 Å². The van der Waals surface area contributed by atoms with E-state index in [0.29, 0.717) is 16.2 Å². The monoisotopic (exact) mass is 282 g/mol. The largest absolute Gasteiger partial charge is 0.365 e. The van der Waals surface area contributed by atoms with Gasteiger partial charge < -0.3 is 5.32 Å². The molecule has 0 radical (unpaired) electrons. The lowest BCUT2D eigenvalue weighted by atomic mass is 9.84. The molecule has 0 aromatic rings. The summed E-state index contributed by atoms with van der Waals surface area (Å²) >= 11 is 1.93. The van der Waals surface area contributed by atoms with Crippen LogP contribution in [0.1, 0.15) is 54.4 Å². The molecule has 0 saturated heterocycles. The first-order valence-electron chi connectivity index (χ1n) is 7.70.